The maximum Gasteiger partial charge on any atom is 0.243 e. The van der Waals surface area contributed by atoms with E-state index in [-0.39, 0.29) is 16.5 Å². The lowest BCUT2D eigenvalue weighted by Gasteiger charge is -2.25. The van der Waals surface area contributed by atoms with Crippen molar-refractivity contribution in [3.8, 4) is 0 Å². The molecule has 0 aliphatic rings. The first kappa shape index (κ1) is 16.1. The van der Waals surface area contributed by atoms with Gasteiger partial charge in [-0.2, -0.15) is 4.31 Å². The summed E-state index contributed by atoms with van der Waals surface area (Å²) in [5, 5.41) is 9.00. The molecule has 0 bridgehead atoms. The van der Waals surface area contributed by atoms with Gasteiger partial charge in [0, 0.05) is 18.7 Å². The quantitative estimate of drug-likeness (QED) is 0.872. The second-order valence-electron chi connectivity index (χ2n) is 4.40. The molecule has 1 aromatic carbocycles. The van der Waals surface area contributed by atoms with Crippen LogP contribution in [0.15, 0.2) is 23.1 Å². The first-order valence-corrected chi connectivity index (χ1v) is 7.69. The van der Waals surface area contributed by atoms with Crippen molar-refractivity contribution >= 4 is 10.0 Å². The summed E-state index contributed by atoms with van der Waals surface area (Å²) in [6, 6.07) is 3.39. The molecule has 0 radical (unpaired) electrons. The smallest absolute Gasteiger partial charge is 0.243 e. The summed E-state index contributed by atoms with van der Waals surface area (Å²) in [6.45, 7) is 3.32. The van der Waals surface area contributed by atoms with Gasteiger partial charge in [-0.1, -0.05) is 13.8 Å². The van der Waals surface area contributed by atoms with Crippen LogP contribution in [0.3, 0.4) is 0 Å². The van der Waals surface area contributed by atoms with E-state index in [1.807, 2.05) is 13.8 Å². The van der Waals surface area contributed by atoms with Crippen LogP contribution in [0.4, 0.5) is 4.39 Å². The molecule has 0 aliphatic carbocycles. The average molecular weight is 289 g/mol. The Hall–Kier alpha value is -0.980. The molecule has 0 atom stereocenters. The third-order valence-electron chi connectivity index (χ3n) is 3.32. The minimum Gasteiger partial charge on any atom is -0.392 e. The summed E-state index contributed by atoms with van der Waals surface area (Å²) >= 11 is 0. The van der Waals surface area contributed by atoms with E-state index >= 15 is 0 Å². The average Bonchev–Trinajstić information content (AvgIpc) is 2.40. The Morgan fingerprint density at radius 3 is 2.37 bits per heavy atom. The Kier molecular flexibility index (Phi) is 5.46. The second-order valence-corrected chi connectivity index (χ2v) is 6.40. The van der Waals surface area contributed by atoms with Gasteiger partial charge in [0.1, 0.15) is 5.82 Å². The van der Waals surface area contributed by atoms with Crippen molar-refractivity contribution < 1.29 is 17.9 Å². The van der Waals surface area contributed by atoms with Crippen LogP contribution >= 0.6 is 0 Å². The molecule has 19 heavy (non-hydrogen) atoms. The van der Waals surface area contributed by atoms with Gasteiger partial charge in [0.2, 0.25) is 10.0 Å². The predicted molar refractivity (Wildman–Crippen MR) is 71.6 cm³/mol. The summed E-state index contributed by atoms with van der Waals surface area (Å²) in [5.41, 5.74) is -0.0148. The highest BCUT2D eigenvalue weighted by Crippen LogP contribution is 2.21. The summed E-state index contributed by atoms with van der Waals surface area (Å²) in [4.78, 5) is 0.00681. The molecule has 0 spiro atoms. The second kappa shape index (κ2) is 6.45. The van der Waals surface area contributed by atoms with Crippen LogP contribution in [0.25, 0.3) is 0 Å². The van der Waals surface area contributed by atoms with E-state index in [0.717, 1.165) is 6.07 Å². The van der Waals surface area contributed by atoms with Crippen LogP contribution in [0.5, 0.6) is 0 Å². The summed E-state index contributed by atoms with van der Waals surface area (Å²) < 4.78 is 39.4. The fourth-order valence-corrected chi connectivity index (χ4v) is 3.55. The van der Waals surface area contributed by atoms with Crippen molar-refractivity contribution in [2.45, 2.75) is 44.2 Å². The van der Waals surface area contributed by atoms with E-state index in [2.05, 4.69) is 0 Å². The van der Waals surface area contributed by atoms with E-state index in [1.165, 1.54) is 23.5 Å². The van der Waals surface area contributed by atoms with Gasteiger partial charge in [0.15, 0.2) is 0 Å². The first-order chi connectivity index (χ1) is 8.88. The van der Waals surface area contributed by atoms with Crippen molar-refractivity contribution in [1.82, 2.24) is 4.31 Å². The van der Waals surface area contributed by atoms with Crippen LogP contribution in [0.1, 0.15) is 32.3 Å². The van der Waals surface area contributed by atoms with Crippen LogP contribution in [0.2, 0.25) is 0 Å². The lowest BCUT2D eigenvalue weighted by molar-refractivity contribution is 0.275. The van der Waals surface area contributed by atoms with Gasteiger partial charge in [0.05, 0.1) is 11.5 Å². The van der Waals surface area contributed by atoms with E-state index < -0.39 is 22.4 Å². The van der Waals surface area contributed by atoms with Gasteiger partial charge in [-0.15, -0.1) is 0 Å². The lowest BCUT2D eigenvalue weighted by atomic mass is 10.2. The standard InChI is InChI=1S/C13H20FNO3S/c1-4-11(5-2)15(3)19(17,18)12-6-7-13(14)10(8-12)9-16/h6-8,11,16H,4-5,9H2,1-3H3. The summed E-state index contributed by atoms with van der Waals surface area (Å²) in [6.07, 6.45) is 1.42. The van der Waals surface area contributed by atoms with Crippen molar-refractivity contribution in [1.29, 1.82) is 0 Å². The molecule has 1 N–H and O–H groups in total. The molecule has 0 aliphatic heterocycles. The molecule has 1 aromatic rings. The monoisotopic (exact) mass is 289 g/mol. The van der Waals surface area contributed by atoms with Crippen LogP contribution in [0, 0.1) is 5.82 Å². The zero-order valence-corrected chi connectivity index (χ0v) is 12.2. The van der Waals surface area contributed by atoms with E-state index in [1.54, 1.807) is 0 Å². The topological polar surface area (TPSA) is 57.6 Å². The third-order valence-corrected chi connectivity index (χ3v) is 5.23. The highest BCUT2D eigenvalue weighted by molar-refractivity contribution is 7.89. The van der Waals surface area contributed by atoms with Gasteiger partial charge in [-0.3, -0.25) is 0 Å². The van der Waals surface area contributed by atoms with Crippen molar-refractivity contribution in [2.75, 3.05) is 7.05 Å². The lowest BCUT2D eigenvalue weighted by Crippen LogP contribution is -2.36. The Labute approximate surface area is 113 Å². The maximum absolute atomic E-state index is 13.3. The zero-order valence-electron chi connectivity index (χ0n) is 11.4. The summed E-state index contributed by atoms with van der Waals surface area (Å²) in [5.74, 6) is -0.605. The molecule has 0 fully saturated rings. The van der Waals surface area contributed by atoms with Crippen LogP contribution in [-0.4, -0.2) is 30.9 Å². The van der Waals surface area contributed by atoms with E-state index in [4.69, 9.17) is 5.11 Å². The largest absolute Gasteiger partial charge is 0.392 e. The number of hydrogen-bond donors (Lipinski definition) is 1. The molecule has 1 rings (SSSR count). The van der Waals surface area contributed by atoms with Crippen molar-refractivity contribution in [3.63, 3.8) is 0 Å². The molecule has 4 nitrogen and oxygen atoms in total. The first-order valence-electron chi connectivity index (χ1n) is 6.25. The zero-order chi connectivity index (χ0) is 14.6. The van der Waals surface area contributed by atoms with Crippen molar-refractivity contribution in [3.05, 3.63) is 29.6 Å². The number of hydrogen-bond acceptors (Lipinski definition) is 3. The van der Waals surface area contributed by atoms with Gasteiger partial charge < -0.3 is 5.11 Å². The normalized spacial score (nSPS) is 12.4. The molecule has 0 unspecified atom stereocenters. The van der Waals surface area contributed by atoms with Crippen LogP contribution in [-0.2, 0) is 16.6 Å². The van der Waals surface area contributed by atoms with Gasteiger partial charge in [-0.25, -0.2) is 12.8 Å². The Morgan fingerprint density at radius 1 is 1.32 bits per heavy atom. The highest BCUT2D eigenvalue weighted by Gasteiger charge is 2.26. The third kappa shape index (κ3) is 3.32. The molecular formula is C13H20FNO3S. The number of rotatable bonds is 6. The number of aliphatic hydroxyl groups excluding tert-OH is 1. The van der Waals surface area contributed by atoms with Gasteiger partial charge in [-0.05, 0) is 31.0 Å². The molecule has 0 heterocycles. The van der Waals surface area contributed by atoms with Crippen molar-refractivity contribution in [2.24, 2.45) is 0 Å². The highest BCUT2D eigenvalue weighted by atomic mass is 32.2. The number of benzene rings is 1. The molecular weight excluding hydrogens is 269 g/mol. The molecule has 0 amide bonds. The van der Waals surface area contributed by atoms with Gasteiger partial charge in [0.25, 0.3) is 0 Å². The van der Waals surface area contributed by atoms with Crippen LogP contribution < -0.4 is 0 Å². The minimum absolute atomic E-state index is 0.00681. The number of halogens is 1. The Bertz CT molecular complexity index is 527. The Morgan fingerprint density at radius 2 is 1.89 bits per heavy atom. The van der Waals surface area contributed by atoms with Gasteiger partial charge >= 0.3 is 0 Å². The SMILES string of the molecule is CCC(CC)N(C)S(=O)(=O)c1ccc(F)c(CO)c1. The number of nitrogens with zero attached hydrogens (tertiary/aromatic N) is 1. The maximum atomic E-state index is 13.3. The predicted octanol–water partition coefficient (Wildman–Crippen LogP) is 2.13. The molecule has 0 aromatic heterocycles. The van der Waals surface area contributed by atoms with E-state index in [0.29, 0.717) is 12.8 Å². The number of sulfonamides is 1. The molecule has 0 saturated carbocycles. The van der Waals surface area contributed by atoms with E-state index in [9.17, 15) is 12.8 Å². The fraction of sp³-hybridized carbons (Fsp3) is 0.538. The summed E-state index contributed by atoms with van der Waals surface area (Å²) in [7, 11) is -2.13. The fourth-order valence-electron chi connectivity index (χ4n) is 2.00. The molecule has 108 valence electrons. The Balaban J connectivity index is 3.20. The molecule has 0 saturated heterocycles. The molecule has 6 heteroatoms. The number of aliphatic hydroxyl groups is 1. The minimum atomic E-state index is -3.66.